The Balaban J connectivity index is 1.84. The fraction of sp³-hybridized carbons (Fsp3) is 0.188. The highest BCUT2D eigenvalue weighted by atomic mass is 35.5. The lowest BCUT2D eigenvalue weighted by Gasteiger charge is -2.16. The number of likely N-dealkylation sites (N-methyl/N-ethyl adjacent to an activating group) is 1. The first kappa shape index (κ1) is 15.4. The number of nitrogens with one attached hydrogen (secondary N) is 1. The second-order valence-corrected chi connectivity index (χ2v) is 5.41. The SMILES string of the molecule is CN(CC(=O)Nc1ccc(Cl)cc1)Cc1ccc(N)cc1. The van der Waals surface area contributed by atoms with Crippen molar-refractivity contribution in [1.29, 1.82) is 0 Å². The van der Waals surface area contributed by atoms with E-state index in [0.717, 1.165) is 16.9 Å². The molecule has 0 saturated heterocycles. The molecule has 0 fully saturated rings. The summed E-state index contributed by atoms with van der Waals surface area (Å²) >= 11 is 5.80. The number of carbonyl (C=O) groups is 1. The number of carbonyl (C=O) groups excluding carboxylic acids is 1. The summed E-state index contributed by atoms with van der Waals surface area (Å²) in [6.07, 6.45) is 0. The molecule has 1 amide bonds. The Bertz CT molecular complexity index is 596. The largest absolute Gasteiger partial charge is 0.399 e. The zero-order valence-electron chi connectivity index (χ0n) is 11.8. The fourth-order valence-corrected chi connectivity index (χ4v) is 2.10. The minimum absolute atomic E-state index is 0.0599. The predicted octanol–water partition coefficient (Wildman–Crippen LogP) is 2.99. The van der Waals surface area contributed by atoms with Gasteiger partial charge in [-0.1, -0.05) is 23.7 Å². The smallest absolute Gasteiger partial charge is 0.238 e. The topological polar surface area (TPSA) is 58.4 Å². The van der Waals surface area contributed by atoms with Crippen molar-refractivity contribution in [2.24, 2.45) is 0 Å². The lowest BCUT2D eigenvalue weighted by Crippen LogP contribution is -2.29. The molecule has 110 valence electrons. The van der Waals surface area contributed by atoms with Crippen LogP contribution in [0, 0.1) is 0 Å². The van der Waals surface area contributed by atoms with Crippen molar-refractivity contribution >= 4 is 28.9 Å². The summed E-state index contributed by atoms with van der Waals surface area (Å²) in [7, 11) is 1.90. The molecule has 0 saturated carbocycles. The van der Waals surface area contributed by atoms with Crippen molar-refractivity contribution in [3.63, 3.8) is 0 Å². The van der Waals surface area contributed by atoms with E-state index in [4.69, 9.17) is 17.3 Å². The van der Waals surface area contributed by atoms with Crippen LogP contribution in [0.5, 0.6) is 0 Å². The van der Waals surface area contributed by atoms with Crippen molar-refractivity contribution in [3.05, 3.63) is 59.1 Å². The summed E-state index contributed by atoms with van der Waals surface area (Å²) in [6, 6.07) is 14.7. The fourth-order valence-electron chi connectivity index (χ4n) is 1.97. The van der Waals surface area contributed by atoms with E-state index in [9.17, 15) is 4.79 Å². The van der Waals surface area contributed by atoms with E-state index in [2.05, 4.69) is 5.32 Å². The zero-order valence-corrected chi connectivity index (χ0v) is 12.6. The molecule has 0 bridgehead atoms. The first-order valence-electron chi connectivity index (χ1n) is 6.61. The van der Waals surface area contributed by atoms with E-state index in [1.54, 1.807) is 24.3 Å². The molecule has 0 unspecified atom stereocenters. The minimum Gasteiger partial charge on any atom is -0.399 e. The maximum atomic E-state index is 11.9. The van der Waals surface area contributed by atoms with Crippen LogP contribution >= 0.6 is 11.6 Å². The van der Waals surface area contributed by atoms with Gasteiger partial charge >= 0.3 is 0 Å². The number of hydrogen-bond acceptors (Lipinski definition) is 3. The van der Waals surface area contributed by atoms with Crippen LogP contribution in [-0.2, 0) is 11.3 Å². The second kappa shape index (κ2) is 7.11. The van der Waals surface area contributed by atoms with Crippen LogP contribution < -0.4 is 11.1 Å². The maximum Gasteiger partial charge on any atom is 0.238 e. The molecular weight excluding hydrogens is 286 g/mol. The number of nitrogens with two attached hydrogens (primary N) is 1. The van der Waals surface area contributed by atoms with Crippen molar-refractivity contribution in [3.8, 4) is 0 Å². The monoisotopic (exact) mass is 303 g/mol. The van der Waals surface area contributed by atoms with Crippen molar-refractivity contribution in [2.45, 2.75) is 6.54 Å². The second-order valence-electron chi connectivity index (χ2n) is 4.97. The highest BCUT2D eigenvalue weighted by Gasteiger charge is 2.07. The van der Waals surface area contributed by atoms with Gasteiger partial charge in [0, 0.05) is 22.9 Å². The Labute approximate surface area is 129 Å². The van der Waals surface area contributed by atoms with Crippen molar-refractivity contribution in [1.82, 2.24) is 4.90 Å². The molecular formula is C16H18ClN3O. The van der Waals surface area contributed by atoms with Gasteiger partial charge in [-0.15, -0.1) is 0 Å². The standard InChI is InChI=1S/C16H18ClN3O/c1-20(10-12-2-6-14(18)7-3-12)11-16(21)19-15-8-4-13(17)5-9-15/h2-9H,10-11,18H2,1H3,(H,19,21). The van der Waals surface area contributed by atoms with Gasteiger partial charge in [-0.2, -0.15) is 0 Å². The van der Waals surface area contributed by atoms with Gasteiger partial charge in [-0.25, -0.2) is 0 Å². The molecule has 0 spiro atoms. The molecule has 4 nitrogen and oxygen atoms in total. The van der Waals surface area contributed by atoms with Crippen LogP contribution in [0.2, 0.25) is 5.02 Å². The van der Waals surface area contributed by atoms with Crippen molar-refractivity contribution < 1.29 is 4.79 Å². The van der Waals surface area contributed by atoms with E-state index in [1.807, 2.05) is 36.2 Å². The van der Waals surface area contributed by atoms with Gasteiger partial charge in [0.1, 0.15) is 0 Å². The van der Waals surface area contributed by atoms with Crippen LogP contribution in [0.4, 0.5) is 11.4 Å². The Morgan fingerprint density at radius 1 is 1.14 bits per heavy atom. The average molecular weight is 304 g/mol. The molecule has 2 aromatic carbocycles. The summed E-state index contributed by atoms with van der Waals surface area (Å²) in [5.74, 6) is -0.0599. The number of benzene rings is 2. The van der Waals surface area contributed by atoms with Crippen LogP contribution in [0.3, 0.4) is 0 Å². The highest BCUT2D eigenvalue weighted by Crippen LogP contribution is 2.13. The van der Waals surface area contributed by atoms with Gasteiger partial charge < -0.3 is 11.1 Å². The van der Waals surface area contributed by atoms with Crippen LogP contribution in [-0.4, -0.2) is 24.4 Å². The van der Waals surface area contributed by atoms with E-state index >= 15 is 0 Å². The van der Waals surface area contributed by atoms with Crippen LogP contribution in [0.25, 0.3) is 0 Å². The molecule has 2 aromatic rings. The summed E-state index contributed by atoms with van der Waals surface area (Å²) in [6.45, 7) is 1.00. The summed E-state index contributed by atoms with van der Waals surface area (Å²) in [5, 5.41) is 3.48. The van der Waals surface area contributed by atoms with Crippen molar-refractivity contribution in [2.75, 3.05) is 24.6 Å². The van der Waals surface area contributed by atoms with Gasteiger partial charge in [0.15, 0.2) is 0 Å². The molecule has 0 heterocycles. The van der Waals surface area contributed by atoms with Gasteiger partial charge in [0.25, 0.3) is 0 Å². The summed E-state index contributed by atoms with van der Waals surface area (Å²) in [5.41, 5.74) is 8.24. The third kappa shape index (κ3) is 5.10. The zero-order chi connectivity index (χ0) is 15.2. The van der Waals surface area contributed by atoms with Gasteiger partial charge in [-0.3, -0.25) is 9.69 Å². The number of rotatable bonds is 5. The van der Waals surface area contributed by atoms with E-state index in [1.165, 1.54) is 0 Å². The Morgan fingerprint density at radius 3 is 2.38 bits per heavy atom. The van der Waals surface area contributed by atoms with Crippen LogP contribution in [0.15, 0.2) is 48.5 Å². The molecule has 0 aliphatic heterocycles. The highest BCUT2D eigenvalue weighted by molar-refractivity contribution is 6.30. The molecule has 0 radical (unpaired) electrons. The van der Waals surface area contributed by atoms with E-state index in [0.29, 0.717) is 18.1 Å². The lowest BCUT2D eigenvalue weighted by molar-refractivity contribution is -0.117. The van der Waals surface area contributed by atoms with Gasteiger partial charge in [-0.05, 0) is 49.0 Å². The summed E-state index contributed by atoms with van der Waals surface area (Å²) in [4.78, 5) is 13.9. The third-order valence-corrected chi connectivity index (χ3v) is 3.23. The minimum atomic E-state index is -0.0599. The van der Waals surface area contributed by atoms with E-state index in [-0.39, 0.29) is 5.91 Å². The molecule has 5 heteroatoms. The maximum absolute atomic E-state index is 11.9. The Hall–Kier alpha value is -2.04. The summed E-state index contributed by atoms with van der Waals surface area (Å²) < 4.78 is 0. The third-order valence-electron chi connectivity index (χ3n) is 2.97. The van der Waals surface area contributed by atoms with E-state index < -0.39 is 0 Å². The molecule has 3 N–H and O–H groups in total. The number of nitrogen functional groups attached to an aromatic ring is 1. The Kier molecular flexibility index (Phi) is 5.20. The quantitative estimate of drug-likeness (QED) is 0.835. The molecule has 0 aromatic heterocycles. The lowest BCUT2D eigenvalue weighted by atomic mass is 10.2. The first-order chi connectivity index (χ1) is 10.0. The number of halogens is 1. The number of amides is 1. The molecule has 2 rings (SSSR count). The first-order valence-corrected chi connectivity index (χ1v) is 6.99. The number of anilines is 2. The Morgan fingerprint density at radius 2 is 1.76 bits per heavy atom. The molecule has 0 atom stereocenters. The number of hydrogen-bond donors (Lipinski definition) is 2. The molecule has 0 aliphatic rings. The normalized spacial score (nSPS) is 10.6. The van der Waals surface area contributed by atoms with Crippen LogP contribution in [0.1, 0.15) is 5.56 Å². The average Bonchev–Trinajstić information content (AvgIpc) is 2.44. The van der Waals surface area contributed by atoms with Gasteiger partial charge in [0.2, 0.25) is 5.91 Å². The molecule has 21 heavy (non-hydrogen) atoms. The number of nitrogens with zero attached hydrogens (tertiary/aromatic N) is 1. The predicted molar refractivity (Wildman–Crippen MR) is 87.3 cm³/mol. The van der Waals surface area contributed by atoms with Gasteiger partial charge in [0.05, 0.1) is 6.54 Å². The molecule has 0 aliphatic carbocycles.